The second kappa shape index (κ2) is 7.95. The first-order valence-corrected chi connectivity index (χ1v) is 10.1. The molecule has 4 atom stereocenters. The maximum absolute atomic E-state index is 13.0. The van der Waals surface area contributed by atoms with Crippen molar-refractivity contribution in [3.63, 3.8) is 0 Å². The molecule has 1 unspecified atom stereocenters. The first kappa shape index (κ1) is 19.8. The molecule has 0 aliphatic carbocycles. The Labute approximate surface area is 165 Å². The number of para-hydroxylation sites is 1. The smallest absolute Gasteiger partial charge is 0.315 e. The molecule has 2 N–H and O–H groups in total. The van der Waals surface area contributed by atoms with E-state index < -0.39 is 12.2 Å². The molecule has 1 aliphatic heterocycles. The Balaban J connectivity index is 1.94. The largest absolute Gasteiger partial charge is 0.435 e. The Hall–Kier alpha value is -1.98. The number of cyclic esters (lactones) is 1. The summed E-state index contributed by atoms with van der Waals surface area (Å²) in [6, 6.07) is 17.7. The lowest BCUT2D eigenvalue weighted by atomic mass is 9.90. The van der Waals surface area contributed by atoms with Gasteiger partial charge in [0.05, 0.1) is 17.3 Å². The van der Waals surface area contributed by atoms with E-state index in [4.69, 9.17) is 15.2 Å². The summed E-state index contributed by atoms with van der Waals surface area (Å²) in [5.74, 6) is -0.639. The van der Waals surface area contributed by atoms with Gasteiger partial charge in [0.2, 0.25) is 6.29 Å². The maximum Gasteiger partial charge on any atom is 0.315 e. The number of anilines is 1. The van der Waals surface area contributed by atoms with Crippen LogP contribution in [-0.2, 0) is 14.3 Å². The minimum Gasteiger partial charge on any atom is -0.435 e. The van der Waals surface area contributed by atoms with Crippen molar-refractivity contribution >= 4 is 23.4 Å². The molecule has 0 aromatic heterocycles. The molecular formula is C22H27NO3S. The number of rotatable bonds is 4. The van der Waals surface area contributed by atoms with Gasteiger partial charge < -0.3 is 15.2 Å². The van der Waals surface area contributed by atoms with Gasteiger partial charge in [-0.3, -0.25) is 4.79 Å². The minimum atomic E-state index is -0.542. The van der Waals surface area contributed by atoms with E-state index in [1.54, 1.807) is 11.8 Å². The molecule has 4 nitrogen and oxygen atoms in total. The van der Waals surface area contributed by atoms with Gasteiger partial charge in [-0.05, 0) is 24.6 Å². The summed E-state index contributed by atoms with van der Waals surface area (Å²) in [4.78, 5) is 14.0. The summed E-state index contributed by atoms with van der Waals surface area (Å²) in [5.41, 5.74) is 7.64. The van der Waals surface area contributed by atoms with Crippen molar-refractivity contribution in [3.05, 3.63) is 60.2 Å². The lowest BCUT2D eigenvalue weighted by Gasteiger charge is -2.41. The van der Waals surface area contributed by atoms with Gasteiger partial charge in [0.25, 0.3) is 0 Å². The predicted octanol–water partition coefficient (Wildman–Crippen LogP) is 5.05. The van der Waals surface area contributed by atoms with Crippen LogP contribution in [0.3, 0.4) is 0 Å². The Morgan fingerprint density at radius 2 is 1.67 bits per heavy atom. The van der Waals surface area contributed by atoms with Gasteiger partial charge in [0, 0.05) is 16.0 Å². The quantitative estimate of drug-likeness (QED) is 0.453. The molecule has 2 aromatic carbocycles. The summed E-state index contributed by atoms with van der Waals surface area (Å²) in [6.45, 7) is 7.97. The third kappa shape index (κ3) is 4.47. The van der Waals surface area contributed by atoms with E-state index in [0.717, 1.165) is 10.5 Å². The highest BCUT2D eigenvalue weighted by Crippen LogP contribution is 2.47. The number of benzene rings is 2. The van der Waals surface area contributed by atoms with Gasteiger partial charge >= 0.3 is 5.97 Å². The first-order chi connectivity index (χ1) is 12.8. The highest BCUT2D eigenvalue weighted by molar-refractivity contribution is 7.99. The van der Waals surface area contributed by atoms with E-state index in [1.807, 2.05) is 82.3 Å². The van der Waals surface area contributed by atoms with Gasteiger partial charge in [-0.1, -0.05) is 63.2 Å². The lowest BCUT2D eigenvalue weighted by molar-refractivity contribution is -0.253. The zero-order valence-electron chi connectivity index (χ0n) is 16.2. The molecule has 1 fully saturated rings. The van der Waals surface area contributed by atoms with Crippen molar-refractivity contribution in [2.75, 3.05) is 5.73 Å². The Bertz CT molecular complexity index is 788. The zero-order valence-corrected chi connectivity index (χ0v) is 17.0. The molecule has 1 saturated heterocycles. The predicted molar refractivity (Wildman–Crippen MR) is 109 cm³/mol. The second-order valence-electron chi connectivity index (χ2n) is 7.99. The molecule has 1 heterocycles. The fraction of sp³-hybridized carbons (Fsp3) is 0.409. The normalized spacial score (nSPS) is 24.3. The summed E-state index contributed by atoms with van der Waals surface area (Å²) in [6.07, 6.45) is -0.808. The number of esters is 1. The van der Waals surface area contributed by atoms with Gasteiger partial charge in [0.1, 0.15) is 0 Å². The number of nitrogens with two attached hydrogens (primary N) is 1. The van der Waals surface area contributed by atoms with Crippen LogP contribution in [0, 0.1) is 11.3 Å². The molecule has 0 spiro atoms. The van der Waals surface area contributed by atoms with E-state index in [0.29, 0.717) is 5.69 Å². The van der Waals surface area contributed by atoms with Crippen LogP contribution >= 0.6 is 11.8 Å². The monoisotopic (exact) mass is 385 g/mol. The van der Waals surface area contributed by atoms with Crippen LogP contribution in [0.15, 0.2) is 59.5 Å². The molecule has 2 aromatic rings. The van der Waals surface area contributed by atoms with Crippen LogP contribution in [0.5, 0.6) is 0 Å². The van der Waals surface area contributed by atoms with Crippen molar-refractivity contribution < 1.29 is 14.3 Å². The molecule has 144 valence electrons. The molecule has 0 amide bonds. The van der Waals surface area contributed by atoms with Crippen molar-refractivity contribution in [1.29, 1.82) is 0 Å². The van der Waals surface area contributed by atoms with Gasteiger partial charge in [-0.2, -0.15) is 0 Å². The number of ether oxygens (including phenoxy) is 2. The van der Waals surface area contributed by atoms with Crippen LogP contribution in [0.1, 0.15) is 38.5 Å². The number of carbonyl (C=O) groups excluding carboxylic acids is 1. The number of hydrogen-bond acceptors (Lipinski definition) is 5. The average Bonchev–Trinajstić information content (AvgIpc) is 2.62. The van der Waals surface area contributed by atoms with Crippen LogP contribution in [0.2, 0.25) is 0 Å². The fourth-order valence-corrected chi connectivity index (χ4v) is 4.56. The lowest BCUT2D eigenvalue weighted by Crippen LogP contribution is -2.48. The molecule has 0 saturated carbocycles. The number of hydrogen-bond donors (Lipinski definition) is 1. The molecular weight excluding hydrogens is 358 g/mol. The Morgan fingerprint density at radius 1 is 1.04 bits per heavy atom. The summed E-state index contributed by atoms with van der Waals surface area (Å²) >= 11 is 1.59. The Kier molecular flexibility index (Phi) is 5.82. The average molecular weight is 386 g/mol. The fourth-order valence-electron chi connectivity index (χ4n) is 3.15. The van der Waals surface area contributed by atoms with Gasteiger partial charge in [-0.15, -0.1) is 11.8 Å². The highest BCUT2D eigenvalue weighted by Gasteiger charge is 2.46. The number of carbonyl (C=O) groups is 1. The van der Waals surface area contributed by atoms with E-state index >= 15 is 0 Å². The Morgan fingerprint density at radius 3 is 2.26 bits per heavy atom. The molecule has 5 heteroatoms. The number of thioether (sulfide) groups is 1. The van der Waals surface area contributed by atoms with Crippen molar-refractivity contribution in [3.8, 4) is 0 Å². The molecule has 3 rings (SSSR count). The third-order valence-corrected chi connectivity index (χ3v) is 6.12. The molecule has 27 heavy (non-hydrogen) atoms. The second-order valence-corrected chi connectivity index (χ2v) is 9.17. The van der Waals surface area contributed by atoms with E-state index in [9.17, 15) is 4.79 Å². The summed E-state index contributed by atoms with van der Waals surface area (Å²) in [5, 5.41) is -0.153. The number of nitrogen functional groups attached to an aromatic ring is 1. The third-order valence-electron chi connectivity index (χ3n) is 4.67. The van der Waals surface area contributed by atoms with Crippen LogP contribution in [0.25, 0.3) is 0 Å². The van der Waals surface area contributed by atoms with E-state index in [-0.39, 0.29) is 22.7 Å². The maximum atomic E-state index is 13.0. The summed E-state index contributed by atoms with van der Waals surface area (Å²) < 4.78 is 11.8. The van der Waals surface area contributed by atoms with Crippen LogP contribution in [-0.4, -0.2) is 18.4 Å². The van der Waals surface area contributed by atoms with E-state index in [2.05, 4.69) is 0 Å². The standard InChI is InChI=1S/C22H27NO3S/c1-14-18(20(24)26-21(25-14)22(2,3)4)19(15-10-6-5-7-11-15)27-17-13-9-8-12-16(17)23/h5-14,18-19,21H,23H2,1-4H3/t14-,18?,19+,21-/m1/s1. The zero-order chi connectivity index (χ0) is 19.6. The molecule has 0 bridgehead atoms. The van der Waals surface area contributed by atoms with Gasteiger partial charge in [0.15, 0.2) is 0 Å². The van der Waals surface area contributed by atoms with Crippen molar-refractivity contribution in [2.24, 2.45) is 11.3 Å². The van der Waals surface area contributed by atoms with Crippen LogP contribution < -0.4 is 5.73 Å². The molecule has 0 radical (unpaired) electrons. The topological polar surface area (TPSA) is 61.5 Å². The SMILES string of the molecule is C[C@H]1O[C@@H](C(C)(C)C)OC(=O)C1[C@@H](Sc1ccccc1N)c1ccccc1. The van der Waals surface area contributed by atoms with E-state index in [1.165, 1.54) is 0 Å². The molecule has 1 aliphatic rings. The van der Waals surface area contributed by atoms with Crippen molar-refractivity contribution in [2.45, 2.75) is 50.2 Å². The van der Waals surface area contributed by atoms with Gasteiger partial charge in [-0.25, -0.2) is 0 Å². The summed E-state index contributed by atoms with van der Waals surface area (Å²) in [7, 11) is 0. The highest BCUT2D eigenvalue weighted by atomic mass is 32.2. The minimum absolute atomic E-state index is 0.153. The first-order valence-electron chi connectivity index (χ1n) is 9.19. The van der Waals surface area contributed by atoms with Crippen LogP contribution in [0.4, 0.5) is 5.69 Å². The van der Waals surface area contributed by atoms with Crippen molar-refractivity contribution in [1.82, 2.24) is 0 Å².